The Hall–Kier alpha value is -2.19. The first-order chi connectivity index (χ1) is 10.8. The quantitative estimate of drug-likeness (QED) is 0.537. The second-order valence-corrected chi connectivity index (χ2v) is 4.93. The maximum Gasteiger partial charge on any atom is 0.189 e. The molecule has 7 nitrogen and oxygen atoms in total. The predicted octanol–water partition coefficient (Wildman–Crippen LogP) is -0.728. The molecule has 1 aromatic rings. The van der Waals surface area contributed by atoms with Gasteiger partial charge in [-0.3, -0.25) is 9.59 Å². The van der Waals surface area contributed by atoms with Gasteiger partial charge in [0.1, 0.15) is 18.3 Å². The smallest absolute Gasteiger partial charge is 0.189 e. The molecule has 23 heavy (non-hydrogen) atoms. The van der Waals surface area contributed by atoms with E-state index in [0.717, 1.165) is 0 Å². The van der Waals surface area contributed by atoms with Gasteiger partial charge in [0.05, 0.1) is 6.61 Å². The van der Waals surface area contributed by atoms with E-state index in [4.69, 9.17) is 20.4 Å². The maximum absolute atomic E-state index is 11.5. The van der Waals surface area contributed by atoms with E-state index >= 15 is 0 Å². The Balaban J connectivity index is 0.000000241. The van der Waals surface area contributed by atoms with Crippen LogP contribution in [0.4, 0.5) is 0 Å². The number of aliphatic hydroxyl groups excluding tert-OH is 4. The molecule has 1 aliphatic carbocycles. The first-order valence-corrected chi connectivity index (χ1v) is 6.80. The lowest BCUT2D eigenvalue weighted by Crippen LogP contribution is -2.40. The number of benzene rings is 1. The van der Waals surface area contributed by atoms with Gasteiger partial charge in [0.2, 0.25) is 0 Å². The molecule has 0 aliphatic heterocycles. The van der Waals surface area contributed by atoms with Crippen LogP contribution in [-0.2, 0) is 4.79 Å². The van der Waals surface area contributed by atoms with Gasteiger partial charge in [-0.1, -0.05) is 24.3 Å². The van der Waals surface area contributed by atoms with Crippen LogP contribution in [0.25, 0.3) is 0 Å². The normalized spacial score (nSPS) is 17.2. The van der Waals surface area contributed by atoms with Gasteiger partial charge in [0.15, 0.2) is 17.9 Å². The van der Waals surface area contributed by atoms with Gasteiger partial charge < -0.3 is 25.2 Å². The molecule has 0 heterocycles. The minimum atomic E-state index is -1.64. The Labute approximate surface area is 132 Å². The molecule has 3 unspecified atom stereocenters. The summed E-state index contributed by atoms with van der Waals surface area (Å²) in [5, 5.41) is 34.1. The van der Waals surface area contributed by atoms with Crippen LogP contribution in [0.1, 0.15) is 27.6 Å². The van der Waals surface area contributed by atoms with Gasteiger partial charge in [0.25, 0.3) is 0 Å². The van der Waals surface area contributed by atoms with E-state index < -0.39 is 24.9 Å². The molecule has 0 spiro atoms. The van der Waals surface area contributed by atoms with Crippen LogP contribution in [0.5, 0.6) is 0 Å². The molecule has 3 atom stereocenters. The van der Waals surface area contributed by atoms with E-state index in [0.29, 0.717) is 16.7 Å². The van der Waals surface area contributed by atoms with Crippen LogP contribution in [0.3, 0.4) is 0 Å². The van der Waals surface area contributed by atoms with Crippen LogP contribution < -0.4 is 0 Å². The van der Waals surface area contributed by atoms with Crippen molar-refractivity contribution in [1.29, 1.82) is 0 Å². The summed E-state index contributed by atoms with van der Waals surface area (Å²) < 4.78 is 0. The number of fused-ring (bicyclic) bond motifs is 1. The highest BCUT2D eigenvalue weighted by molar-refractivity contribution is 6.24. The zero-order valence-corrected chi connectivity index (χ0v) is 12.4. The van der Waals surface area contributed by atoms with Gasteiger partial charge in [-0.05, 0) is 13.0 Å². The molecule has 0 saturated carbocycles. The van der Waals surface area contributed by atoms with Gasteiger partial charge in [-0.2, -0.15) is 0 Å². The number of aldehydes is 1. The lowest BCUT2D eigenvalue weighted by atomic mass is 9.90. The van der Waals surface area contributed by atoms with Crippen molar-refractivity contribution in [2.75, 3.05) is 6.61 Å². The average molecular weight is 322 g/mol. The number of ketones is 2. The fourth-order valence-electron chi connectivity index (χ4n) is 1.86. The van der Waals surface area contributed by atoms with Gasteiger partial charge >= 0.3 is 0 Å². The summed E-state index contributed by atoms with van der Waals surface area (Å²) in [5.74, 6) is -0.122. The molecule has 124 valence electrons. The van der Waals surface area contributed by atoms with Crippen molar-refractivity contribution in [2.45, 2.75) is 25.2 Å². The third-order valence-electron chi connectivity index (χ3n) is 3.21. The molecule has 1 aliphatic rings. The zero-order chi connectivity index (χ0) is 17.6. The molecule has 0 saturated heterocycles. The molecule has 1 aromatic carbocycles. The molecular formula is C16H18O7. The van der Waals surface area contributed by atoms with Crippen molar-refractivity contribution in [3.05, 3.63) is 47.0 Å². The van der Waals surface area contributed by atoms with E-state index in [1.54, 1.807) is 31.2 Å². The fraction of sp³-hybridized carbons (Fsp3) is 0.312. The Morgan fingerprint density at radius 1 is 1.09 bits per heavy atom. The lowest BCUT2D eigenvalue weighted by Gasteiger charge is -2.16. The van der Waals surface area contributed by atoms with Crippen LogP contribution in [0, 0.1) is 0 Å². The SMILES string of the molecule is CC1=CC(=O)c2ccccc2C1=O.O=CC(O)C(O)C(O)CO. The number of allylic oxidation sites excluding steroid dienone is 2. The second kappa shape index (κ2) is 8.44. The molecule has 7 heteroatoms. The third kappa shape index (κ3) is 4.64. The van der Waals surface area contributed by atoms with Gasteiger partial charge in [0, 0.05) is 16.7 Å². The number of carbonyl (C=O) groups is 3. The number of aliphatic hydroxyl groups is 4. The highest BCUT2D eigenvalue weighted by Gasteiger charge is 2.23. The minimum absolute atomic E-state index is 0.0461. The first kappa shape index (κ1) is 18.9. The van der Waals surface area contributed by atoms with E-state index in [1.807, 2.05) is 0 Å². The van der Waals surface area contributed by atoms with Crippen molar-refractivity contribution in [2.24, 2.45) is 0 Å². The molecule has 0 amide bonds. The molecule has 0 fully saturated rings. The van der Waals surface area contributed by atoms with Crippen LogP contribution >= 0.6 is 0 Å². The van der Waals surface area contributed by atoms with Crippen LogP contribution in [0.15, 0.2) is 35.9 Å². The Bertz CT molecular complexity index is 621. The highest BCUT2D eigenvalue weighted by Crippen LogP contribution is 2.20. The van der Waals surface area contributed by atoms with Crippen molar-refractivity contribution in [3.63, 3.8) is 0 Å². The van der Waals surface area contributed by atoms with E-state index in [-0.39, 0.29) is 17.9 Å². The van der Waals surface area contributed by atoms with Gasteiger partial charge in [-0.25, -0.2) is 0 Å². The standard InChI is InChI=1S/C11H8O2.C5H10O5/c1-7-6-10(12)8-4-2-3-5-9(8)11(7)13;6-1-3(8)5(10)4(9)2-7/h2-6H,1H3;1,3-5,7-10H,2H2. The summed E-state index contributed by atoms with van der Waals surface area (Å²) in [5.41, 5.74) is 1.55. The van der Waals surface area contributed by atoms with Crippen LogP contribution in [0.2, 0.25) is 0 Å². The van der Waals surface area contributed by atoms with Crippen molar-refractivity contribution >= 4 is 17.9 Å². The highest BCUT2D eigenvalue weighted by atomic mass is 16.4. The zero-order valence-electron chi connectivity index (χ0n) is 12.4. The largest absolute Gasteiger partial charge is 0.394 e. The summed E-state index contributed by atoms with van der Waals surface area (Å²) in [6.07, 6.45) is -3.24. The lowest BCUT2D eigenvalue weighted by molar-refractivity contribution is -0.127. The topological polar surface area (TPSA) is 132 Å². The summed E-state index contributed by atoms with van der Waals surface area (Å²) in [6, 6.07) is 6.89. The van der Waals surface area contributed by atoms with Gasteiger partial charge in [-0.15, -0.1) is 0 Å². The Morgan fingerprint density at radius 3 is 2.17 bits per heavy atom. The molecule has 4 N–H and O–H groups in total. The minimum Gasteiger partial charge on any atom is -0.394 e. The Kier molecular flexibility index (Phi) is 6.92. The summed E-state index contributed by atoms with van der Waals surface area (Å²) in [6.45, 7) is 0.974. The van der Waals surface area contributed by atoms with E-state index in [9.17, 15) is 14.4 Å². The number of hydrogen-bond donors (Lipinski definition) is 4. The summed E-state index contributed by atoms with van der Waals surface area (Å²) >= 11 is 0. The number of rotatable bonds is 4. The summed E-state index contributed by atoms with van der Waals surface area (Å²) in [4.78, 5) is 32.7. The number of hydrogen-bond acceptors (Lipinski definition) is 7. The molecule has 2 rings (SSSR count). The predicted molar refractivity (Wildman–Crippen MR) is 80.0 cm³/mol. The molecule has 0 bridgehead atoms. The molecular weight excluding hydrogens is 304 g/mol. The maximum atomic E-state index is 11.5. The van der Waals surface area contributed by atoms with Crippen LogP contribution in [-0.4, -0.2) is 63.2 Å². The fourth-order valence-corrected chi connectivity index (χ4v) is 1.86. The first-order valence-electron chi connectivity index (χ1n) is 6.80. The number of carbonyl (C=O) groups excluding carboxylic acids is 3. The second-order valence-electron chi connectivity index (χ2n) is 4.93. The average Bonchev–Trinajstić information content (AvgIpc) is 2.58. The van der Waals surface area contributed by atoms with Crippen molar-refractivity contribution in [3.8, 4) is 0 Å². The molecule has 0 radical (unpaired) electrons. The van der Waals surface area contributed by atoms with Crippen molar-refractivity contribution in [1.82, 2.24) is 0 Å². The molecule has 0 aromatic heterocycles. The van der Waals surface area contributed by atoms with Crippen molar-refractivity contribution < 1.29 is 34.8 Å². The van der Waals surface area contributed by atoms with E-state index in [2.05, 4.69) is 0 Å². The summed E-state index contributed by atoms with van der Waals surface area (Å²) in [7, 11) is 0. The number of Topliss-reactive ketones (excluding diaryl/α,β-unsaturated/α-hetero) is 1. The monoisotopic (exact) mass is 322 g/mol. The van der Waals surface area contributed by atoms with E-state index in [1.165, 1.54) is 6.08 Å². The third-order valence-corrected chi connectivity index (χ3v) is 3.21. The Morgan fingerprint density at radius 2 is 1.65 bits per heavy atom.